The van der Waals surface area contributed by atoms with Crippen LogP contribution in [0.2, 0.25) is 0 Å². The second-order valence-corrected chi connectivity index (χ2v) is 4.57. The predicted octanol–water partition coefficient (Wildman–Crippen LogP) is 1.36. The van der Waals surface area contributed by atoms with Crippen molar-refractivity contribution in [1.29, 1.82) is 0 Å². The van der Waals surface area contributed by atoms with Gasteiger partial charge in [0.05, 0.1) is 18.3 Å². The molecule has 0 radical (unpaired) electrons. The molecule has 3 nitrogen and oxygen atoms in total. The monoisotopic (exact) mass is 245 g/mol. The van der Waals surface area contributed by atoms with Gasteiger partial charge in [0.1, 0.15) is 11.6 Å². The molecule has 1 rings (SSSR count). The van der Waals surface area contributed by atoms with E-state index in [-0.39, 0.29) is 18.7 Å². The molecule has 1 aromatic carbocycles. The number of nitrogens with one attached hydrogen (secondary N) is 1. The molecule has 0 spiro atoms. The van der Waals surface area contributed by atoms with Crippen LogP contribution >= 0.6 is 0 Å². The van der Waals surface area contributed by atoms with E-state index in [0.717, 1.165) is 12.1 Å². The molecular weight excluding hydrogens is 228 g/mol. The second-order valence-electron chi connectivity index (χ2n) is 4.57. The standard InChI is InChI=1S/C12H17F2NO2/c1-12(2,7-16)15-6-10(17)11-8(13)4-3-5-9(11)14/h3-5,10,15-17H,6-7H2,1-2H3. The van der Waals surface area contributed by atoms with E-state index in [2.05, 4.69) is 5.32 Å². The fourth-order valence-electron chi connectivity index (χ4n) is 1.36. The molecule has 0 saturated carbocycles. The first-order valence-corrected chi connectivity index (χ1v) is 5.35. The number of rotatable bonds is 5. The molecule has 1 atom stereocenters. The van der Waals surface area contributed by atoms with Crippen LogP contribution in [0, 0.1) is 11.6 Å². The van der Waals surface area contributed by atoms with Crippen LogP contribution in [0.25, 0.3) is 0 Å². The highest BCUT2D eigenvalue weighted by molar-refractivity contribution is 5.22. The van der Waals surface area contributed by atoms with Crippen LogP contribution in [0.1, 0.15) is 25.5 Å². The summed E-state index contributed by atoms with van der Waals surface area (Å²) in [5.41, 5.74) is -0.961. The van der Waals surface area contributed by atoms with E-state index >= 15 is 0 Å². The van der Waals surface area contributed by atoms with Crippen molar-refractivity contribution < 1.29 is 19.0 Å². The molecule has 0 aliphatic rings. The van der Waals surface area contributed by atoms with Crippen molar-refractivity contribution in [3.05, 3.63) is 35.4 Å². The number of halogens is 2. The molecule has 1 unspecified atom stereocenters. The molecular formula is C12H17F2NO2. The molecule has 0 fully saturated rings. The summed E-state index contributed by atoms with van der Waals surface area (Å²) in [6.45, 7) is 3.26. The minimum Gasteiger partial charge on any atom is -0.394 e. The lowest BCUT2D eigenvalue weighted by Crippen LogP contribution is -2.44. The first-order chi connectivity index (χ1) is 7.87. The Morgan fingerprint density at radius 3 is 2.29 bits per heavy atom. The van der Waals surface area contributed by atoms with E-state index in [0.29, 0.717) is 0 Å². The summed E-state index contributed by atoms with van der Waals surface area (Å²) in [6, 6.07) is 3.43. The van der Waals surface area contributed by atoms with E-state index < -0.39 is 23.3 Å². The van der Waals surface area contributed by atoms with Gasteiger partial charge in [0.25, 0.3) is 0 Å². The predicted molar refractivity (Wildman–Crippen MR) is 60.5 cm³/mol. The van der Waals surface area contributed by atoms with Gasteiger partial charge in [0.2, 0.25) is 0 Å². The number of hydrogen-bond donors (Lipinski definition) is 3. The lowest BCUT2D eigenvalue weighted by molar-refractivity contribution is 0.130. The maximum absolute atomic E-state index is 13.3. The quantitative estimate of drug-likeness (QED) is 0.734. The molecule has 17 heavy (non-hydrogen) atoms. The fraction of sp³-hybridized carbons (Fsp3) is 0.500. The summed E-state index contributed by atoms with van der Waals surface area (Å²) in [5, 5.41) is 21.5. The third-order valence-electron chi connectivity index (χ3n) is 2.50. The highest BCUT2D eigenvalue weighted by atomic mass is 19.1. The van der Waals surface area contributed by atoms with Crippen LogP contribution in [0.5, 0.6) is 0 Å². The van der Waals surface area contributed by atoms with Crippen LogP contribution in [-0.2, 0) is 0 Å². The van der Waals surface area contributed by atoms with Crippen molar-refractivity contribution in [2.75, 3.05) is 13.2 Å². The largest absolute Gasteiger partial charge is 0.394 e. The summed E-state index contributed by atoms with van der Waals surface area (Å²) < 4.78 is 26.7. The first-order valence-electron chi connectivity index (χ1n) is 5.35. The summed E-state index contributed by atoms with van der Waals surface area (Å²) in [4.78, 5) is 0. The summed E-state index contributed by atoms with van der Waals surface area (Å²) in [6.07, 6.45) is -1.29. The average Bonchev–Trinajstić information content (AvgIpc) is 2.26. The molecule has 1 aromatic rings. The summed E-state index contributed by atoms with van der Waals surface area (Å²) in [7, 11) is 0. The van der Waals surface area contributed by atoms with Gasteiger partial charge in [-0.3, -0.25) is 0 Å². The van der Waals surface area contributed by atoms with E-state index in [4.69, 9.17) is 5.11 Å². The van der Waals surface area contributed by atoms with Crippen LogP contribution in [0.15, 0.2) is 18.2 Å². The number of hydrogen-bond acceptors (Lipinski definition) is 3. The van der Waals surface area contributed by atoms with Gasteiger partial charge in [-0.05, 0) is 26.0 Å². The van der Waals surface area contributed by atoms with E-state index in [9.17, 15) is 13.9 Å². The maximum atomic E-state index is 13.3. The van der Waals surface area contributed by atoms with Crippen LogP contribution in [0.3, 0.4) is 0 Å². The van der Waals surface area contributed by atoms with Gasteiger partial charge in [-0.2, -0.15) is 0 Å². The molecule has 0 heterocycles. The number of aliphatic hydroxyl groups excluding tert-OH is 2. The van der Waals surface area contributed by atoms with Crippen molar-refractivity contribution >= 4 is 0 Å². The lowest BCUT2D eigenvalue weighted by Gasteiger charge is -2.25. The minimum atomic E-state index is -1.29. The van der Waals surface area contributed by atoms with E-state index in [1.807, 2.05) is 0 Å². The fourth-order valence-corrected chi connectivity index (χ4v) is 1.36. The van der Waals surface area contributed by atoms with Gasteiger partial charge in [-0.25, -0.2) is 8.78 Å². The molecule has 3 N–H and O–H groups in total. The zero-order valence-electron chi connectivity index (χ0n) is 9.87. The van der Waals surface area contributed by atoms with Crippen molar-refractivity contribution in [3.63, 3.8) is 0 Å². The van der Waals surface area contributed by atoms with Crippen molar-refractivity contribution in [2.45, 2.75) is 25.5 Å². The lowest BCUT2D eigenvalue weighted by atomic mass is 10.0. The van der Waals surface area contributed by atoms with E-state index in [1.54, 1.807) is 13.8 Å². The molecule has 0 aromatic heterocycles. The Morgan fingerprint density at radius 1 is 1.29 bits per heavy atom. The Kier molecular flexibility index (Phi) is 4.56. The highest BCUT2D eigenvalue weighted by Crippen LogP contribution is 2.20. The van der Waals surface area contributed by atoms with Gasteiger partial charge in [0, 0.05) is 12.1 Å². The smallest absolute Gasteiger partial charge is 0.131 e. The summed E-state index contributed by atoms with van der Waals surface area (Å²) in [5.74, 6) is -1.55. The summed E-state index contributed by atoms with van der Waals surface area (Å²) >= 11 is 0. The SMILES string of the molecule is CC(C)(CO)NCC(O)c1c(F)cccc1F. The van der Waals surface area contributed by atoms with Crippen molar-refractivity contribution in [1.82, 2.24) is 5.32 Å². The Hall–Kier alpha value is -1.04. The number of benzene rings is 1. The molecule has 0 bridgehead atoms. The van der Waals surface area contributed by atoms with Gasteiger partial charge in [-0.1, -0.05) is 6.07 Å². The van der Waals surface area contributed by atoms with Gasteiger partial charge in [0.15, 0.2) is 0 Å². The Balaban J connectivity index is 2.74. The Morgan fingerprint density at radius 2 is 1.82 bits per heavy atom. The maximum Gasteiger partial charge on any atom is 0.131 e. The van der Waals surface area contributed by atoms with Gasteiger partial charge in [-0.15, -0.1) is 0 Å². The van der Waals surface area contributed by atoms with Crippen molar-refractivity contribution in [3.8, 4) is 0 Å². The number of aliphatic hydroxyl groups is 2. The first kappa shape index (κ1) is 14.0. The second kappa shape index (κ2) is 5.53. The highest BCUT2D eigenvalue weighted by Gasteiger charge is 2.21. The average molecular weight is 245 g/mol. The molecule has 96 valence electrons. The molecule has 0 saturated heterocycles. The van der Waals surface area contributed by atoms with Crippen molar-refractivity contribution in [2.24, 2.45) is 0 Å². The molecule has 0 aliphatic carbocycles. The van der Waals surface area contributed by atoms with Gasteiger partial charge < -0.3 is 15.5 Å². The zero-order valence-corrected chi connectivity index (χ0v) is 9.87. The zero-order chi connectivity index (χ0) is 13.1. The van der Waals surface area contributed by atoms with Crippen LogP contribution < -0.4 is 5.32 Å². The Bertz CT molecular complexity index is 363. The van der Waals surface area contributed by atoms with Crippen LogP contribution in [-0.4, -0.2) is 28.9 Å². The molecule has 5 heteroatoms. The van der Waals surface area contributed by atoms with Crippen LogP contribution in [0.4, 0.5) is 8.78 Å². The number of β-amino-alcohol motifs (C(OH)–C–C–N with tert-alkyl or cyclic N) is 1. The molecule has 0 amide bonds. The third kappa shape index (κ3) is 3.73. The van der Waals surface area contributed by atoms with E-state index in [1.165, 1.54) is 6.07 Å². The van der Waals surface area contributed by atoms with Gasteiger partial charge >= 0.3 is 0 Å². The molecule has 0 aliphatic heterocycles. The topological polar surface area (TPSA) is 52.5 Å². The minimum absolute atomic E-state index is 0.0363. The Labute approximate surface area is 99.1 Å². The normalized spacial score (nSPS) is 13.8. The third-order valence-corrected chi connectivity index (χ3v) is 2.50.